The van der Waals surface area contributed by atoms with Crippen LogP contribution in [0.1, 0.15) is 11.1 Å². The van der Waals surface area contributed by atoms with E-state index in [-0.39, 0.29) is 18.9 Å². The predicted molar refractivity (Wildman–Crippen MR) is 116 cm³/mol. The Morgan fingerprint density at radius 1 is 0.964 bits per heavy atom. The van der Waals surface area contributed by atoms with E-state index in [1.807, 2.05) is 55.5 Å². The highest BCUT2D eigenvalue weighted by Gasteiger charge is 2.11. The predicted octanol–water partition coefficient (Wildman–Crippen LogP) is 4.44. The van der Waals surface area contributed by atoms with Crippen molar-refractivity contribution in [3.05, 3.63) is 74.7 Å². The van der Waals surface area contributed by atoms with Gasteiger partial charge in [-0.1, -0.05) is 52.3 Å². The van der Waals surface area contributed by atoms with Crippen LogP contribution in [-0.4, -0.2) is 18.4 Å². The number of halogens is 2. The first-order chi connectivity index (χ1) is 13.4. The Bertz CT molecular complexity index is 1040. The van der Waals surface area contributed by atoms with E-state index < -0.39 is 5.91 Å². The Kier molecular flexibility index (Phi) is 6.70. The summed E-state index contributed by atoms with van der Waals surface area (Å²) in [5, 5.41) is 2.02. The summed E-state index contributed by atoms with van der Waals surface area (Å²) in [5.74, 6) is -0.183. The van der Waals surface area contributed by atoms with Gasteiger partial charge in [0.05, 0.1) is 10.9 Å². The maximum absolute atomic E-state index is 12.0. The van der Waals surface area contributed by atoms with Gasteiger partial charge in [-0.05, 0) is 63.0 Å². The minimum atomic E-state index is -0.444. The fourth-order valence-corrected chi connectivity index (χ4v) is 3.69. The molecule has 3 aromatic rings. The first-order valence-corrected chi connectivity index (χ1v) is 10.2. The van der Waals surface area contributed by atoms with Crippen molar-refractivity contribution in [2.75, 3.05) is 6.61 Å². The van der Waals surface area contributed by atoms with Crippen LogP contribution in [0.15, 0.2) is 63.5 Å². The zero-order valence-electron chi connectivity index (χ0n) is 15.1. The monoisotopic (exact) mass is 504 g/mol. The van der Waals surface area contributed by atoms with Gasteiger partial charge in [0, 0.05) is 4.47 Å². The molecule has 0 bridgehead atoms. The van der Waals surface area contributed by atoms with Crippen molar-refractivity contribution in [3.8, 4) is 5.75 Å². The van der Waals surface area contributed by atoms with Gasteiger partial charge >= 0.3 is 0 Å². The number of hydrogen-bond acceptors (Lipinski definition) is 3. The second-order valence-corrected chi connectivity index (χ2v) is 7.94. The number of carbonyl (C=O) groups is 2. The lowest BCUT2D eigenvalue weighted by atomic mass is 10.1. The van der Waals surface area contributed by atoms with E-state index in [0.29, 0.717) is 5.75 Å². The molecule has 144 valence electrons. The van der Waals surface area contributed by atoms with E-state index >= 15 is 0 Å². The Labute approximate surface area is 179 Å². The van der Waals surface area contributed by atoms with Gasteiger partial charge in [0.15, 0.2) is 6.61 Å². The van der Waals surface area contributed by atoms with Crippen molar-refractivity contribution in [1.29, 1.82) is 0 Å². The van der Waals surface area contributed by atoms with Crippen LogP contribution in [0, 0.1) is 6.92 Å². The molecule has 0 saturated heterocycles. The van der Waals surface area contributed by atoms with Crippen molar-refractivity contribution < 1.29 is 14.3 Å². The first kappa shape index (κ1) is 20.4. The number of carbonyl (C=O) groups excluding carboxylic acids is 2. The molecule has 0 spiro atoms. The summed E-state index contributed by atoms with van der Waals surface area (Å²) >= 11 is 6.97. The van der Waals surface area contributed by atoms with Crippen molar-refractivity contribution in [3.63, 3.8) is 0 Å². The number of benzene rings is 3. The van der Waals surface area contributed by atoms with Crippen molar-refractivity contribution >= 4 is 54.4 Å². The maximum atomic E-state index is 12.0. The Balaban J connectivity index is 1.52. The maximum Gasteiger partial charge on any atom is 0.276 e. The summed E-state index contributed by atoms with van der Waals surface area (Å²) in [7, 11) is 0. The topological polar surface area (TPSA) is 67.4 Å². The fourth-order valence-electron chi connectivity index (χ4n) is 2.70. The molecular weight excluding hydrogens is 488 g/mol. The molecule has 0 fully saturated rings. The van der Waals surface area contributed by atoms with Gasteiger partial charge in [0.1, 0.15) is 5.75 Å². The standard InChI is InChI=1S/C21H18Br2N2O3/c1-13-4-2-3-5-14(13)11-19(26)24-25-20(27)12-28-18-9-6-15-10-16(22)7-8-17(15)21(18)23/h2-10H,11-12H2,1H3,(H,24,26)(H,25,27). The molecule has 2 amide bonds. The molecule has 0 aliphatic carbocycles. The average Bonchev–Trinajstić information content (AvgIpc) is 2.67. The van der Waals surface area contributed by atoms with Crippen LogP contribution in [0.3, 0.4) is 0 Å². The zero-order valence-corrected chi connectivity index (χ0v) is 18.3. The van der Waals surface area contributed by atoms with E-state index in [2.05, 4.69) is 42.7 Å². The van der Waals surface area contributed by atoms with E-state index in [4.69, 9.17) is 4.74 Å². The highest BCUT2D eigenvalue weighted by atomic mass is 79.9. The van der Waals surface area contributed by atoms with Gasteiger partial charge in [-0.15, -0.1) is 0 Å². The molecule has 0 aliphatic heterocycles. The van der Waals surface area contributed by atoms with Gasteiger partial charge in [-0.2, -0.15) is 0 Å². The lowest BCUT2D eigenvalue weighted by molar-refractivity contribution is -0.129. The van der Waals surface area contributed by atoms with E-state index in [1.165, 1.54) is 0 Å². The molecule has 0 saturated carbocycles. The minimum absolute atomic E-state index is 0.194. The number of ether oxygens (including phenoxy) is 1. The molecule has 3 aromatic carbocycles. The first-order valence-electron chi connectivity index (χ1n) is 8.57. The summed E-state index contributed by atoms with van der Waals surface area (Å²) in [6.07, 6.45) is 0.194. The molecule has 2 N–H and O–H groups in total. The fraction of sp³-hybridized carbons (Fsp3) is 0.143. The number of amides is 2. The Morgan fingerprint density at radius 2 is 1.71 bits per heavy atom. The third kappa shape index (κ3) is 5.11. The van der Waals surface area contributed by atoms with E-state index in [0.717, 1.165) is 30.8 Å². The SMILES string of the molecule is Cc1ccccc1CC(=O)NNC(=O)COc1ccc2cc(Br)ccc2c1Br. The number of hydrazine groups is 1. The van der Waals surface area contributed by atoms with Crippen molar-refractivity contribution in [2.24, 2.45) is 0 Å². The summed E-state index contributed by atoms with van der Waals surface area (Å²) in [6, 6.07) is 17.2. The third-order valence-electron chi connectivity index (χ3n) is 4.19. The molecule has 0 aliphatic rings. The number of rotatable bonds is 5. The van der Waals surface area contributed by atoms with Crippen LogP contribution in [0.2, 0.25) is 0 Å². The molecule has 0 heterocycles. The quantitative estimate of drug-likeness (QED) is 0.503. The lowest BCUT2D eigenvalue weighted by Crippen LogP contribution is -2.44. The second-order valence-electron chi connectivity index (χ2n) is 6.23. The molecule has 7 heteroatoms. The largest absolute Gasteiger partial charge is 0.483 e. The molecule has 3 rings (SSSR count). The van der Waals surface area contributed by atoms with E-state index in [9.17, 15) is 9.59 Å². The van der Waals surface area contributed by atoms with Gasteiger partial charge in [-0.3, -0.25) is 20.4 Å². The number of aryl methyl sites for hydroxylation is 1. The van der Waals surface area contributed by atoms with Crippen LogP contribution < -0.4 is 15.6 Å². The van der Waals surface area contributed by atoms with Gasteiger partial charge in [-0.25, -0.2) is 0 Å². The highest BCUT2D eigenvalue weighted by molar-refractivity contribution is 9.11. The van der Waals surface area contributed by atoms with Gasteiger partial charge in [0.25, 0.3) is 5.91 Å². The smallest absolute Gasteiger partial charge is 0.276 e. The third-order valence-corrected chi connectivity index (χ3v) is 5.50. The summed E-state index contributed by atoms with van der Waals surface area (Å²) in [4.78, 5) is 24.0. The molecule has 0 radical (unpaired) electrons. The molecule has 0 atom stereocenters. The van der Waals surface area contributed by atoms with Crippen LogP contribution in [0.25, 0.3) is 10.8 Å². The van der Waals surface area contributed by atoms with Crippen LogP contribution in [0.5, 0.6) is 5.75 Å². The summed E-state index contributed by atoms with van der Waals surface area (Å²) in [6.45, 7) is 1.72. The van der Waals surface area contributed by atoms with Gasteiger partial charge in [0.2, 0.25) is 5.91 Å². The summed E-state index contributed by atoms with van der Waals surface area (Å²) < 4.78 is 7.34. The van der Waals surface area contributed by atoms with E-state index in [1.54, 1.807) is 6.07 Å². The Morgan fingerprint density at radius 3 is 2.50 bits per heavy atom. The van der Waals surface area contributed by atoms with Crippen LogP contribution >= 0.6 is 31.9 Å². The number of fused-ring (bicyclic) bond motifs is 1. The summed E-state index contributed by atoms with van der Waals surface area (Å²) in [5.41, 5.74) is 6.72. The molecule has 5 nitrogen and oxygen atoms in total. The number of nitrogens with one attached hydrogen (secondary N) is 2. The molecule has 0 unspecified atom stereocenters. The highest BCUT2D eigenvalue weighted by Crippen LogP contribution is 2.34. The van der Waals surface area contributed by atoms with Crippen molar-refractivity contribution in [2.45, 2.75) is 13.3 Å². The number of hydrogen-bond donors (Lipinski definition) is 2. The zero-order chi connectivity index (χ0) is 20.1. The van der Waals surface area contributed by atoms with Gasteiger partial charge < -0.3 is 4.74 Å². The van der Waals surface area contributed by atoms with Crippen LogP contribution in [0.4, 0.5) is 0 Å². The lowest BCUT2D eigenvalue weighted by Gasteiger charge is -2.12. The molecule has 0 aromatic heterocycles. The normalized spacial score (nSPS) is 10.5. The molecular formula is C21H18Br2N2O3. The van der Waals surface area contributed by atoms with Crippen molar-refractivity contribution in [1.82, 2.24) is 10.9 Å². The average molecular weight is 506 g/mol. The second kappa shape index (κ2) is 9.21. The minimum Gasteiger partial charge on any atom is -0.483 e. The van der Waals surface area contributed by atoms with Crippen LogP contribution in [-0.2, 0) is 16.0 Å². The molecule has 28 heavy (non-hydrogen) atoms. The Hall–Kier alpha value is -2.38.